The number of hydrogen-bond donors (Lipinski definition) is 2. The maximum Gasteiger partial charge on any atom is 0.288 e. The molecule has 1 heterocycles. The number of rotatable bonds is 6. The lowest BCUT2D eigenvalue weighted by Crippen LogP contribution is -2.16. The van der Waals surface area contributed by atoms with Gasteiger partial charge < -0.3 is 15.2 Å². The highest BCUT2D eigenvalue weighted by Crippen LogP contribution is 2.20. The normalized spacial score (nSPS) is 9.94. The molecule has 0 saturated heterocycles. The van der Waals surface area contributed by atoms with Crippen LogP contribution in [0.4, 0.5) is 5.69 Å². The van der Waals surface area contributed by atoms with Crippen LogP contribution in [-0.2, 0) is 4.74 Å². The van der Waals surface area contributed by atoms with Crippen LogP contribution in [0, 0.1) is 15.5 Å². The zero-order chi connectivity index (χ0) is 12.8. The van der Waals surface area contributed by atoms with Crippen molar-refractivity contribution in [1.82, 2.24) is 4.98 Å². The van der Waals surface area contributed by atoms with Gasteiger partial charge in [0.05, 0.1) is 17.1 Å². The summed E-state index contributed by atoms with van der Waals surface area (Å²) in [4.78, 5) is 13.7. The van der Waals surface area contributed by atoms with E-state index in [2.05, 4.69) is 4.98 Å². The van der Waals surface area contributed by atoms with E-state index in [0.717, 1.165) is 12.3 Å². The number of pyridine rings is 1. The summed E-state index contributed by atoms with van der Waals surface area (Å²) in [6.45, 7) is 0.567. The van der Waals surface area contributed by atoms with Crippen LogP contribution in [-0.4, -0.2) is 36.1 Å². The summed E-state index contributed by atoms with van der Waals surface area (Å²) >= 11 is 0. The quantitative estimate of drug-likeness (QED) is 0.242. The predicted molar refractivity (Wildman–Crippen MR) is 59.3 cm³/mol. The third kappa shape index (κ3) is 3.38. The third-order valence-electron chi connectivity index (χ3n) is 1.86. The Hall–Kier alpha value is -2.22. The van der Waals surface area contributed by atoms with Gasteiger partial charge in [0.15, 0.2) is 0 Å². The van der Waals surface area contributed by atoms with Crippen molar-refractivity contribution in [2.24, 2.45) is 5.73 Å². The van der Waals surface area contributed by atoms with E-state index in [0.29, 0.717) is 6.61 Å². The molecule has 0 spiro atoms. The standard InChI is InChI=1S/C9H12N4O4/c1-16-2-3-17-9-7(8(10)11)4-6(5-12-9)13(14)15/h4-5H,2-3H2,1H3,(H3,10,11). The van der Waals surface area contributed by atoms with Crippen molar-refractivity contribution in [3.05, 3.63) is 27.9 Å². The average molecular weight is 240 g/mol. The first-order chi connectivity index (χ1) is 8.06. The van der Waals surface area contributed by atoms with Gasteiger partial charge >= 0.3 is 0 Å². The lowest BCUT2D eigenvalue weighted by Gasteiger charge is -2.08. The number of hydrogen-bond acceptors (Lipinski definition) is 6. The molecule has 92 valence electrons. The predicted octanol–water partition coefficient (Wildman–Crippen LogP) is 0.299. The summed E-state index contributed by atoms with van der Waals surface area (Å²) in [5, 5.41) is 17.8. The Labute approximate surface area is 97.0 Å². The number of amidine groups is 1. The molecule has 3 N–H and O–H groups in total. The number of nitrogen functional groups attached to an aromatic ring is 1. The van der Waals surface area contributed by atoms with Crippen molar-refractivity contribution < 1.29 is 14.4 Å². The Morgan fingerprint density at radius 1 is 1.65 bits per heavy atom. The lowest BCUT2D eigenvalue weighted by molar-refractivity contribution is -0.385. The molecule has 17 heavy (non-hydrogen) atoms. The maximum absolute atomic E-state index is 10.5. The van der Waals surface area contributed by atoms with Gasteiger partial charge in [0, 0.05) is 13.2 Å². The van der Waals surface area contributed by atoms with Gasteiger partial charge in [0.25, 0.3) is 5.69 Å². The van der Waals surface area contributed by atoms with E-state index in [4.69, 9.17) is 20.6 Å². The van der Waals surface area contributed by atoms with Crippen molar-refractivity contribution in [3.63, 3.8) is 0 Å². The zero-order valence-electron chi connectivity index (χ0n) is 9.17. The van der Waals surface area contributed by atoms with E-state index in [-0.39, 0.29) is 29.6 Å². The lowest BCUT2D eigenvalue weighted by atomic mass is 10.2. The molecule has 0 aliphatic rings. The van der Waals surface area contributed by atoms with Crippen LogP contribution in [0.3, 0.4) is 0 Å². The highest BCUT2D eigenvalue weighted by molar-refractivity contribution is 5.97. The fraction of sp³-hybridized carbons (Fsp3) is 0.333. The SMILES string of the molecule is COCCOc1ncc([N+](=O)[O-])cc1C(=N)N. The van der Waals surface area contributed by atoms with Crippen molar-refractivity contribution in [1.29, 1.82) is 5.41 Å². The summed E-state index contributed by atoms with van der Waals surface area (Å²) in [5.41, 5.74) is 5.15. The van der Waals surface area contributed by atoms with Gasteiger partial charge in [0.1, 0.15) is 18.6 Å². The number of methoxy groups -OCH3 is 1. The van der Waals surface area contributed by atoms with Crippen LogP contribution in [0.2, 0.25) is 0 Å². The largest absolute Gasteiger partial charge is 0.475 e. The van der Waals surface area contributed by atoms with Gasteiger partial charge in [-0.3, -0.25) is 15.5 Å². The second kappa shape index (κ2) is 5.75. The Balaban J connectivity index is 2.96. The van der Waals surface area contributed by atoms with Crippen molar-refractivity contribution in [2.45, 2.75) is 0 Å². The van der Waals surface area contributed by atoms with E-state index >= 15 is 0 Å². The van der Waals surface area contributed by atoms with Gasteiger partial charge in [-0.25, -0.2) is 4.98 Å². The fourth-order valence-electron chi connectivity index (χ4n) is 1.07. The second-order valence-electron chi connectivity index (χ2n) is 3.06. The molecule has 0 saturated carbocycles. The molecular weight excluding hydrogens is 228 g/mol. The zero-order valence-corrected chi connectivity index (χ0v) is 9.17. The van der Waals surface area contributed by atoms with Crippen LogP contribution in [0.15, 0.2) is 12.3 Å². The summed E-state index contributed by atoms with van der Waals surface area (Å²) < 4.78 is 9.97. The smallest absolute Gasteiger partial charge is 0.288 e. The third-order valence-corrected chi connectivity index (χ3v) is 1.86. The Morgan fingerprint density at radius 3 is 2.88 bits per heavy atom. The van der Waals surface area contributed by atoms with Crippen LogP contribution < -0.4 is 10.5 Å². The first-order valence-corrected chi connectivity index (χ1v) is 4.66. The molecule has 0 radical (unpaired) electrons. The van der Waals surface area contributed by atoms with Crippen molar-refractivity contribution in [2.75, 3.05) is 20.3 Å². The van der Waals surface area contributed by atoms with E-state index in [1.54, 1.807) is 0 Å². The average Bonchev–Trinajstić information content (AvgIpc) is 2.29. The number of nitrogens with zero attached hydrogens (tertiary/aromatic N) is 2. The first-order valence-electron chi connectivity index (χ1n) is 4.66. The minimum absolute atomic E-state index is 0.0835. The van der Waals surface area contributed by atoms with Crippen LogP contribution in [0.5, 0.6) is 5.88 Å². The second-order valence-corrected chi connectivity index (χ2v) is 3.06. The molecule has 0 unspecified atom stereocenters. The van der Waals surface area contributed by atoms with Crippen molar-refractivity contribution in [3.8, 4) is 5.88 Å². The van der Waals surface area contributed by atoms with E-state index in [9.17, 15) is 10.1 Å². The summed E-state index contributed by atoms with van der Waals surface area (Å²) in [7, 11) is 1.51. The summed E-state index contributed by atoms with van der Waals surface area (Å²) in [6.07, 6.45) is 1.05. The van der Waals surface area contributed by atoms with Gasteiger partial charge in [0.2, 0.25) is 5.88 Å². The molecule has 0 bridgehead atoms. The van der Waals surface area contributed by atoms with E-state index in [1.807, 2.05) is 0 Å². The molecule has 0 atom stereocenters. The van der Waals surface area contributed by atoms with Gasteiger partial charge in [-0.05, 0) is 0 Å². The molecule has 0 amide bonds. The summed E-state index contributed by atoms with van der Waals surface area (Å²) in [6, 6.07) is 1.15. The van der Waals surface area contributed by atoms with Crippen molar-refractivity contribution >= 4 is 11.5 Å². The molecule has 0 aromatic carbocycles. The minimum Gasteiger partial charge on any atom is -0.475 e. The van der Waals surface area contributed by atoms with Crippen LogP contribution in [0.25, 0.3) is 0 Å². The van der Waals surface area contributed by atoms with E-state index < -0.39 is 4.92 Å². The molecule has 1 aromatic rings. The Bertz CT molecular complexity index is 435. The van der Waals surface area contributed by atoms with Crippen LogP contribution >= 0.6 is 0 Å². The molecule has 0 aliphatic heterocycles. The molecule has 8 nitrogen and oxygen atoms in total. The first kappa shape index (κ1) is 12.8. The molecule has 0 aliphatic carbocycles. The maximum atomic E-state index is 10.5. The fourth-order valence-corrected chi connectivity index (χ4v) is 1.07. The van der Waals surface area contributed by atoms with Gasteiger partial charge in [-0.1, -0.05) is 0 Å². The molecule has 1 aromatic heterocycles. The number of ether oxygens (including phenoxy) is 2. The Morgan fingerprint density at radius 2 is 2.35 bits per heavy atom. The highest BCUT2D eigenvalue weighted by atomic mass is 16.6. The number of nitro groups is 1. The number of nitrogens with two attached hydrogens (primary N) is 1. The molecule has 8 heteroatoms. The monoisotopic (exact) mass is 240 g/mol. The molecule has 1 rings (SSSR count). The van der Waals surface area contributed by atoms with Gasteiger partial charge in [-0.15, -0.1) is 0 Å². The topological polar surface area (TPSA) is 124 Å². The van der Waals surface area contributed by atoms with E-state index in [1.165, 1.54) is 7.11 Å². The van der Waals surface area contributed by atoms with Crippen LogP contribution in [0.1, 0.15) is 5.56 Å². The molecule has 0 fully saturated rings. The van der Waals surface area contributed by atoms with Gasteiger partial charge in [-0.2, -0.15) is 0 Å². The molecular formula is C9H12N4O4. The Kier molecular flexibility index (Phi) is 4.35. The summed E-state index contributed by atoms with van der Waals surface area (Å²) in [5.74, 6) is -0.256. The minimum atomic E-state index is -0.613. The highest BCUT2D eigenvalue weighted by Gasteiger charge is 2.15. The number of nitrogens with one attached hydrogen (secondary N) is 1. The number of aromatic nitrogens is 1.